The quantitative estimate of drug-likeness (QED) is 0.872. The molecular weight excluding hydrogens is 238 g/mol. The minimum atomic E-state index is -0.348. The van der Waals surface area contributed by atoms with E-state index in [1.54, 1.807) is 12.4 Å². The number of hydrogen-bond acceptors (Lipinski definition) is 3. The van der Waals surface area contributed by atoms with Crippen LogP contribution in [0.3, 0.4) is 0 Å². The third-order valence-corrected chi connectivity index (χ3v) is 4.24. The van der Waals surface area contributed by atoms with Crippen molar-refractivity contribution >= 4 is 5.91 Å². The van der Waals surface area contributed by atoms with E-state index in [0.29, 0.717) is 6.54 Å². The van der Waals surface area contributed by atoms with Crippen LogP contribution in [-0.4, -0.2) is 17.4 Å². The Balaban J connectivity index is 2.03. The molecule has 0 bridgehead atoms. The van der Waals surface area contributed by atoms with Gasteiger partial charge in [-0.1, -0.05) is 19.3 Å². The molecule has 0 aliphatic heterocycles. The first-order chi connectivity index (χ1) is 9.18. The summed E-state index contributed by atoms with van der Waals surface area (Å²) >= 11 is 0. The van der Waals surface area contributed by atoms with E-state index in [9.17, 15) is 4.79 Å². The Kier molecular flexibility index (Phi) is 4.53. The van der Waals surface area contributed by atoms with Crippen LogP contribution in [-0.2, 0) is 4.79 Å². The van der Waals surface area contributed by atoms with Crippen LogP contribution in [0.15, 0.2) is 24.5 Å². The summed E-state index contributed by atoms with van der Waals surface area (Å²) in [5.74, 6) is 0.110. The summed E-state index contributed by atoms with van der Waals surface area (Å²) in [5.41, 5.74) is 6.61. The summed E-state index contributed by atoms with van der Waals surface area (Å²) in [6, 6.07) is 3.86. The first-order valence-electron chi connectivity index (χ1n) is 7.09. The van der Waals surface area contributed by atoms with E-state index in [-0.39, 0.29) is 17.4 Å². The molecule has 1 fully saturated rings. The molecule has 0 aromatic carbocycles. The fraction of sp³-hybridized carbons (Fsp3) is 0.600. The van der Waals surface area contributed by atoms with Crippen molar-refractivity contribution < 1.29 is 4.79 Å². The fourth-order valence-corrected chi connectivity index (χ4v) is 2.84. The van der Waals surface area contributed by atoms with Gasteiger partial charge in [-0.05, 0) is 37.5 Å². The zero-order valence-electron chi connectivity index (χ0n) is 11.6. The molecule has 0 spiro atoms. The lowest BCUT2D eigenvalue weighted by Crippen LogP contribution is -2.47. The van der Waals surface area contributed by atoms with Crippen LogP contribution in [0.5, 0.6) is 0 Å². The fourth-order valence-electron chi connectivity index (χ4n) is 2.84. The molecule has 4 heteroatoms. The molecule has 19 heavy (non-hydrogen) atoms. The first-order valence-corrected chi connectivity index (χ1v) is 7.09. The Labute approximate surface area is 114 Å². The number of carbonyl (C=O) groups excluding carboxylic acids is 1. The van der Waals surface area contributed by atoms with Gasteiger partial charge in [-0.2, -0.15) is 0 Å². The molecule has 1 heterocycles. The number of nitrogens with one attached hydrogen (secondary N) is 1. The molecule has 1 aliphatic rings. The Hall–Kier alpha value is -1.42. The van der Waals surface area contributed by atoms with Gasteiger partial charge >= 0.3 is 0 Å². The molecule has 0 unspecified atom stereocenters. The average molecular weight is 261 g/mol. The second-order valence-electron chi connectivity index (χ2n) is 5.52. The predicted octanol–water partition coefficient (Wildman–Crippen LogP) is 2.17. The maximum atomic E-state index is 12.5. The molecular formula is C15H23N3O. The van der Waals surface area contributed by atoms with Gasteiger partial charge in [0.2, 0.25) is 5.91 Å². The summed E-state index contributed by atoms with van der Waals surface area (Å²) in [4.78, 5) is 16.5. The number of pyridine rings is 1. The highest BCUT2D eigenvalue weighted by molar-refractivity contribution is 5.83. The van der Waals surface area contributed by atoms with Crippen molar-refractivity contribution in [2.75, 3.05) is 6.54 Å². The second-order valence-corrected chi connectivity index (χ2v) is 5.52. The Morgan fingerprint density at radius 3 is 2.58 bits per heavy atom. The van der Waals surface area contributed by atoms with Crippen molar-refractivity contribution in [1.29, 1.82) is 0 Å². The second kappa shape index (κ2) is 6.15. The molecule has 0 radical (unpaired) electrons. The summed E-state index contributed by atoms with van der Waals surface area (Å²) in [6.07, 6.45) is 8.75. The largest absolute Gasteiger partial charge is 0.349 e. The van der Waals surface area contributed by atoms with Crippen molar-refractivity contribution in [3.63, 3.8) is 0 Å². The minimum absolute atomic E-state index is 0.000788. The van der Waals surface area contributed by atoms with Crippen molar-refractivity contribution in [3.05, 3.63) is 30.1 Å². The highest BCUT2D eigenvalue weighted by Gasteiger charge is 2.38. The highest BCUT2D eigenvalue weighted by atomic mass is 16.2. The van der Waals surface area contributed by atoms with Gasteiger partial charge in [0.05, 0.1) is 11.5 Å². The number of hydrogen-bond donors (Lipinski definition) is 2. The normalized spacial score (nSPS) is 19.7. The molecule has 104 valence electrons. The van der Waals surface area contributed by atoms with Crippen molar-refractivity contribution in [3.8, 4) is 0 Å². The zero-order chi connectivity index (χ0) is 13.7. The van der Waals surface area contributed by atoms with Crippen LogP contribution in [0.1, 0.15) is 50.6 Å². The molecule has 1 atom stereocenters. The van der Waals surface area contributed by atoms with E-state index in [1.165, 1.54) is 6.42 Å². The maximum Gasteiger partial charge on any atom is 0.227 e. The Morgan fingerprint density at radius 2 is 2.00 bits per heavy atom. The van der Waals surface area contributed by atoms with Gasteiger partial charge in [0.1, 0.15) is 0 Å². The number of rotatable bonds is 4. The first kappa shape index (κ1) is 14.0. The maximum absolute atomic E-state index is 12.5. The van der Waals surface area contributed by atoms with Gasteiger partial charge in [0.25, 0.3) is 0 Å². The molecule has 1 aromatic heterocycles. The van der Waals surface area contributed by atoms with E-state index in [1.807, 2.05) is 19.1 Å². The molecule has 1 aromatic rings. The van der Waals surface area contributed by atoms with Crippen LogP contribution >= 0.6 is 0 Å². The average Bonchev–Trinajstić information content (AvgIpc) is 2.48. The molecule has 2 rings (SSSR count). The Morgan fingerprint density at radius 1 is 1.37 bits per heavy atom. The number of nitrogens with two attached hydrogens (primary N) is 1. The lowest BCUT2D eigenvalue weighted by molar-refractivity contribution is -0.133. The van der Waals surface area contributed by atoms with Crippen LogP contribution in [0.2, 0.25) is 0 Å². The molecule has 0 saturated heterocycles. The van der Waals surface area contributed by atoms with E-state index >= 15 is 0 Å². The summed E-state index contributed by atoms with van der Waals surface area (Å²) < 4.78 is 0. The third kappa shape index (κ3) is 3.13. The smallest absolute Gasteiger partial charge is 0.227 e. The van der Waals surface area contributed by atoms with Gasteiger partial charge in [-0.15, -0.1) is 0 Å². The lowest BCUT2D eigenvalue weighted by Gasteiger charge is -2.35. The topological polar surface area (TPSA) is 68.0 Å². The zero-order valence-corrected chi connectivity index (χ0v) is 11.6. The van der Waals surface area contributed by atoms with E-state index in [4.69, 9.17) is 5.73 Å². The summed E-state index contributed by atoms with van der Waals surface area (Å²) in [7, 11) is 0. The minimum Gasteiger partial charge on any atom is -0.349 e. The van der Waals surface area contributed by atoms with Gasteiger partial charge < -0.3 is 11.1 Å². The number of amides is 1. The predicted molar refractivity (Wildman–Crippen MR) is 75.4 cm³/mol. The van der Waals surface area contributed by atoms with E-state index in [0.717, 1.165) is 31.2 Å². The third-order valence-electron chi connectivity index (χ3n) is 4.24. The van der Waals surface area contributed by atoms with Crippen molar-refractivity contribution in [2.24, 2.45) is 11.1 Å². The molecule has 3 N–H and O–H groups in total. The number of carbonyl (C=O) groups is 1. The standard InChI is InChI=1S/C15H23N3O/c1-12(13-5-9-17-10-6-13)18-14(19)15(11-16)7-3-2-4-8-15/h5-6,9-10,12H,2-4,7-8,11,16H2,1H3,(H,18,19)/t12-/m1/s1. The van der Waals surface area contributed by atoms with Gasteiger partial charge in [0, 0.05) is 18.9 Å². The van der Waals surface area contributed by atoms with E-state index < -0.39 is 0 Å². The molecule has 4 nitrogen and oxygen atoms in total. The number of nitrogens with zero attached hydrogens (tertiary/aromatic N) is 1. The van der Waals surface area contributed by atoms with Gasteiger partial charge in [-0.3, -0.25) is 9.78 Å². The van der Waals surface area contributed by atoms with Gasteiger partial charge in [0.15, 0.2) is 0 Å². The summed E-state index contributed by atoms with van der Waals surface area (Å²) in [5, 5.41) is 3.11. The molecule has 1 amide bonds. The lowest BCUT2D eigenvalue weighted by atomic mass is 9.73. The monoisotopic (exact) mass is 261 g/mol. The Bertz CT molecular complexity index is 413. The van der Waals surface area contributed by atoms with Crippen LogP contribution in [0, 0.1) is 5.41 Å². The summed E-state index contributed by atoms with van der Waals surface area (Å²) in [6.45, 7) is 2.45. The number of aromatic nitrogens is 1. The van der Waals surface area contributed by atoms with Crippen molar-refractivity contribution in [2.45, 2.75) is 45.1 Å². The SMILES string of the molecule is C[C@@H](NC(=O)C1(CN)CCCCC1)c1ccncc1. The van der Waals surface area contributed by atoms with Gasteiger partial charge in [-0.25, -0.2) is 0 Å². The van der Waals surface area contributed by atoms with E-state index in [2.05, 4.69) is 10.3 Å². The van der Waals surface area contributed by atoms with Crippen LogP contribution in [0.4, 0.5) is 0 Å². The van der Waals surface area contributed by atoms with Crippen LogP contribution < -0.4 is 11.1 Å². The molecule has 1 aliphatic carbocycles. The molecule has 1 saturated carbocycles. The van der Waals surface area contributed by atoms with Crippen LogP contribution in [0.25, 0.3) is 0 Å². The van der Waals surface area contributed by atoms with Crippen molar-refractivity contribution in [1.82, 2.24) is 10.3 Å². The highest BCUT2D eigenvalue weighted by Crippen LogP contribution is 2.36.